The van der Waals surface area contributed by atoms with Gasteiger partial charge in [0.2, 0.25) is 0 Å². The van der Waals surface area contributed by atoms with E-state index in [2.05, 4.69) is 113 Å². The molecule has 0 fully saturated rings. The Balaban J connectivity index is 1.18. The van der Waals surface area contributed by atoms with E-state index in [1.54, 1.807) is 41.4 Å². The predicted octanol–water partition coefficient (Wildman–Crippen LogP) is 17.4. The summed E-state index contributed by atoms with van der Waals surface area (Å²) in [6.07, 6.45) is 14.3. The molecule has 6 aromatic heterocycles. The van der Waals surface area contributed by atoms with Gasteiger partial charge in [0.15, 0.2) is 0 Å². The summed E-state index contributed by atoms with van der Waals surface area (Å²) < 4.78 is 6.21. The van der Waals surface area contributed by atoms with Crippen LogP contribution in [-0.2, 0) is 38.5 Å². The fourth-order valence-electron chi connectivity index (χ4n) is 8.16. The fraction of sp³-hybridized carbons (Fsp3) is 0.391. The summed E-state index contributed by atoms with van der Waals surface area (Å²) in [5.41, 5.74) is 6.52. The highest BCUT2D eigenvalue weighted by Gasteiger charge is 2.22. The molecule has 0 nitrogen and oxygen atoms in total. The lowest BCUT2D eigenvalue weighted by molar-refractivity contribution is 0.877. The second kappa shape index (κ2) is 15.8. The van der Waals surface area contributed by atoms with Gasteiger partial charge in [-0.05, 0) is 109 Å². The van der Waals surface area contributed by atoms with Crippen LogP contribution in [-0.4, -0.2) is 0 Å². The zero-order valence-electron chi connectivity index (χ0n) is 31.6. The van der Waals surface area contributed by atoms with Crippen LogP contribution in [0, 0.1) is 0 Å². The van der Waals surface area contributed by atoms with Crippen molar-refractivity contribution in [1.82, 2.24) is 0 Å². The molecule has 0 bridgehead atoms. The molecule has 8 aromatic rings. The van der Waals surface area contributed by atoms with Crippen molar-refractivity contribution in [2.24, 2.45) is 0 Å². The summed E-state index contributed by atoms with van der Waals surface area (Å²) in [6.45, 7) is 14.0. The van der Waals surface area contributed by atoms with Crippen molar-refractivity contribution in [1.29, 1.82) is 0 Å². The summed E-state index contributed by atoms with van der Waals surface area (Å²) in [4.78, 5) is 11.5. The van der Waals surface area contributed by atoms with E-state index >= 15 is 0 Å². The van der Waals surface area contributed by atoms with E-state index in [0.29, 0.717) is 0 Å². The number of thiophene rings is 6. The van der Waals surface area contributed by atoms with Crippen molar-refractivity contribution < 1.29 is 0 Å². The van der Waals surface area contributed by atoms with Crippen LogP contribution in [0.5, 0.6) is 0 Å². The number of aryl methyl sites for hydroxylation is 6. The number of hydrogen-bond donors (Lipinski definition) is 0. The molecule has 0 atom stereocenters. The van der Waals surface area contributed by atoms with E-state index in [9.17, 15) is 0 Å². The molecule has 0 aliphatic rings. The van der Waals surface area contributed by atoms with Crippen molar-refractivity contribution in [3.63, 3.8) is 0 Å². The SMILES string of the molecule is CCCc1cc2c(s1)c(CCC)c(CCC)c1sc(-c3ccc(-c4ccc(-c5cc6c(s5)c(CCC)c(CCC)c5sc(CCC)cc56)s4)s3)cc12. The Labute approximate surface area is 334 Å². The Kier molecular flexibility index (Phi) is 11.1. The molecule has 270 valence electrons. The van der Waals surface area contributed by atoms with Gasteiger partial charge in [-0.1, -0.05) is 80.1 Å². The monoisotopic (exact) mass is 794 g/mol. The van der Waals surface area contributed by atoms with Crippen LogP contribution in [0.4, 0.5) is 0 Å². The quantitative estimate of drug-likeness (QED) is 0.0970. The van der Waals surface area contributed by atoms with Crippen LogP contribution in [0.1, 0.15) is 112 Å². The molecule has 0 aliphatic heterocycles. The molecule has 6 heterocycles. The highest BCUT2D eigenvalue weighted by molar-refractivity contribution is 7.31. The van der Waals surface area contributed by atoms with E-state index < -0.39 is 0 Å². The summed E-state index contributed by atoms with van der Waals surface area (Å²) >= 11 is 12.2. The van der Waals surface area contributed by atoms with E-state index in [4.69, 9.17) is 0 Å². The molecule has 0 radical (unpaired) electrons. The van der Waals surface area contributed by atoms with Crippen molar-refractivity contribution in [3.8, 4) is 29.3 Å². The minimum Gasteiger partial charge on any atom is -0.140 e. The molecule has 0 spiro atoms. The van der Waals surface area contributed by atoms with Crippen molar-refractivity contribution >= 4 is 108 Å². The molecule has 0 N–H and O–H groups in total. The molecule has 8 rings (SSSR count). The van der Waals surface area contributed by atoms with E-state index in [-0.39, 0.29) is 0 Å². The van der Waals surface area contributed by atoms with E-state index in [0.717, 1.165) is 0 Å². The standard InChI is InChI=1S/C46H50S6/c1-7-13-27-23-33-35-25-41(51-45(35)31(17-11-5)29(15-9-3)43(33)47-27)39-21-19-37(49-39)38-20-22-40(50-38)42-26-36-34-24-28(14-8-2)48-44(34)30(16-10-4)32(18-12-6)46(36)52-42/h19-26H,7-18H2,1-6H3. The first kappa shape index (κ1) is 36.6. The van der Waals surface area contributed by atoms with Gasteiger partial charge in [0.1, 0.15) is 0 Å². The number of fused-ring (bicyclic) bond motifs is 6. The Morgan fingerprint density at radius 1 is 0.308 bits per heavy atom. The van der Waals surface area contributed by atoms with E-state index in [1.165, 1.54) is 137 Å². The summed E-state index contributed by atoms with van der Waals surface area (Å²) in [5, 5.41) is 5.98. The van der Waals surface area contributed by atoms with Gasteiger partial charge in [0.05, 0.1) is 0 Å². The first-order chi connectivity index (χ1) is 25.5. The maximum absolute atomic E-state index is 2.53. The number of benzene rings is 2. The lowest BCUT2D eigenvalue weighted by atomic mass is 9.95. The topological polar surface area (TPSA) is 0 Å². The van der Waals surface area contributed by atoms with Crippen molar-refractivity contribution in [2.45, 2.75) is 119 Å². The molecule has 2 aromatic carbocycles. The molecular formula is C46H50S6. The average molecular weight is 795 g/mol. The Bertz CT molecular complexity index is 2320. The first-order valence-electron chi connectivity index (χ1n) is 19.7. The Hall–Kier alpha value is -2.32. The van der Waals surface area contributed by atoms with Gasteiger partial charge in [-0.15, -0.1) is 68.0 Å². The van der Waals surface area contributed by atoms with Crippen molar-refractivity contribution in [3.05, 3.63) is 80.5 Å². The van der Waals surface area contributed by atoms with Gasteiger partial charge in [0.25, 0.3) is 0 Å². The highest BCUT2D eigenvalue weighted by atomic mass is 32.1. The predicted molar refractivity (Wildman–Crippen MR) is 244 cm³/mol. The zero-order valence-corrected chi connectivity index (χ0v) is 36.5. The lowest BCUT2D eigenvalue weighted by Crippen LogP contribution is -1.95. The smallest absolute Gasteiger partial charge is 0.0455 e. The van der Waals surface area contributed by atoms with Gasteiger partial charge in [-0.3, -0.25) is 0 Å². The molecule has 6 heteroatoms. The zero-order chi connectivity index (χ0) is 35.9. The second-order valence-corrected chi connectivity index (χ2v) is 20.9. The van der Waals surface area contributed by atoms with Gasteiger partial charge >= 0.3 is 0 Å². The largest absolute Gasteiger partial charge is 0.140 e. The number of rotatable bonds is 15. The Morgan fingerprint density at radius 3 is 0.923 bits per heavy atom. The third-order valence-electron chi connectivity index (χ3n) is 10.4. The van der Waals surface area contributed by atoms with Crippen LogP contribution < -0.4 is 0 Å². The maximum Gasteiger partial charge on any atom is 0.0455 e. The first-order valence-corrected chi connectivity index (χ1v) is 24.6. The molecule has 0 amide bonds. The van der Waals surface area contributed by atoms with Crippen LogP contribution in [0.25, 0.3) is 69.6 Å². The third-order valence-corrected chi connectivity index (χ3v) is 18.0. The molecule has 0 unspecified atom stereocenters. The second-order valence-electron chi connectivity index (χ2n) is 14.4. The maximum atomic E-state index is 2.53. The van der Waals surface area contributed by atoms with Gasteiger partial charge in [-0.2, -0.15) is 0 Å². The molecular weight excluding hydrogens is 745 g/mol. The van der Waals surface area contributed by atoms with Crippen LogP contribution in [0.15, 0.2) is 48.5 Å². The number of hydrogen-bond acceptors (Lipinski definition) is 6. The average Bonchev–Trinajstić information content (AvgIpc) is 3.98. The van der Waals surface area contributed by atoms with Crippen LogP contribution in [0.2, 0.25) is 0 Å². The van der Waals surface area contributed by atoms with E-state index in [1.807, 2.05) is 45.3 Å². The van der Waals surface area contributed by atoms with Crippen LogP contribution in [0.3, 0.4) is 0 Å². The summed E-state index contributed by atoms with van der Waals surface area (Å²) in [7, 11) is 0. The molecule has 52 heavy (non-hydrogen) atoms. The fourth-order valence-corrected chi connectivity index (χ4v) is 15.7. The van der Waals surface area contributed by atoms with Crippen molar-refractivity contribution in [2.75, 3.05) is 0 Å². The lowest BCUT2D eigenvalue weighted by Gasteiger charge is -2.12. The highest BCUT2D eigenvalue weighted by Crippen LogP contribution is 2.50. The molecule has 0 saturated heterocycles. The minimum absolute atomic E-state index is 1.17. The van der Waals surface area contributed by atoms with Gasteiger partial charge in [-0.25, -0.2) is 0 Å². The minimum atomic E-state index is 1.17. The molecule has 0 saturated carbocycles. The van der Waals surface area contributed by atoms with Gasteiger partial charge < -0.3 is 0 Å². The van der Waals surface area contributed by atoms with Gasteiger partial charge in [0, 0.05) is 79.4 Å². The third kappa shape index (κ3) is 6.58. The normalized spacial score (nSPS) is 12.2. The summed E-state index contributed by atoms with van der Waals surface area (Å²) in [6, 6.07) is 19.6. The Morgan fingerprint density at radius 2 is 0.596 bits per heavy atom. The van der Waals surface area contributed by atoms with Crippen LogP contribution >= 0.6 is 68.0 Å². The molecule has 0 aliphatic carbocycles. The summed E-state index contributed by atoms with van der Waals surface area (Å²) in [5.74, 6) is 0.